The van der Waals surface area contributed by atoms with Gasteiger partial charge in [0.1, 0.15) is 11.9 Å². The molecule has 0 spiro atoms. The van der Waals surface area contributed by atoms with Gasteiger partial charge in [-0.15, -0.1) is 11.8 Å². The first-order chi connectivity index (χ1) is 16.1. The number of nitrogens with one attached hydrogen (secondary N) is 2. The molecular weight excluding hydrogens is 443 g/mol. The van der Waals surface area contributed by atoms with Crippen LogP contribution in [0.3, 0.4) is 0 Å². The van der Waals surface area contributed by atoms with Crippen LogP contribution in [-0.2, 0) is 16.1 Å². The highest BCUT2D eigenvalue weighted by Gasteiger charge is 2.32. The van der Waals surface area contributed by atoms with E-state index in [2.05, 4.69) is 15.6 Å². The number of thioether (sulfide) groups is 1. The molecule has 2 amide bonds. The molecule has 1 saturated heterocycles. The molecule has 1 unspecified atom stereocenters. The summed E-state index contributed by atoms with van der Waals surface area (Å²) < 4.78 is 19.8. The summed E-state index contributed by atoms with van der Waals surface area (Å²) in [6.45, 7) is 1.55. The lowest BCUT2D eigenvalue weighted by molar-refractivity contribution is -0.113. The van der Waals surface area contributed by atoms with Gasteiger partial charge in [0, 0.05) is 34.3 Å². The van der Waals surface area contributed by atoms with Crippen LogP contribution in [0.5, 0.6) is 0 Å². The maximum atomic E-state index is 14.3. The minimum absolute atomic E-state index is 0.0427. The number of nitrogens with zero attached hydrogens (tertiary/aromatic N) is 2. The van der Waals surface area contributed by atoms with Gasteiger partial charge in [-0.25, -0.2) is 9.18 Å². The highest BCUT2D eigenvalue weighted by atomic mass is 32.2. The topological polar surface area (TPSA) is 83.6 Å². The maximum Gasteiger partial charge on any atom is 0.414 e. The zero-order chi connectivity index (χ0) is 22.8. The summed E-state index contributed by atoms with van der Waals surface area (Å²) in [5.41, 5.74) is 2.79. The van der Waals surface area contributed by atoms with Crippen molar-refractivity contribution in [3.8, 4) is 0 Å². The molecule has 1 atom stereocenters. The Bertz CT molecular complexity index is 1220. The van der Waals surface area contributed by atoms with Crippen molar-refractivity contribution in [3.05, 3.63) is 60.0 Å². The predicted octanol–water partition coefficient (Wildman–Crippen LogP) is 4.31. The smallest absolute Gasteiger partial charge is 0.414 e. The summed E-state index contributed by atoms with van der Waals surface area (Å²) in [7, 11) is 0. The lowest BCUT2D eigenvalue weighted by Gasteiger charge is -2.20. The van der Waals surface area contributed by atoms with Gasteiger partial charge >= 0.3 is 6.09 Å². The number of hydrogen-bond donors (Lipinski definition) is 2. The number of cyclic esters (lactones) is 1. The summed E-state index contributed by atoms with van der Waals surface area (Å²) in [5, 5.41) is 6.89. The molecule has 1 fully saturated rings. The largest absolute Gasteiger partial charge is 0.444 e. The minimum Gasteiger partial charge on any atom is -0.444 e. The van der Waals surface area contributed by atoms with Crippen molar-refractivity contribution in [2.75, 3.05) is 29.1 Å². The number of halogens is 1. The van der Waals surface area contributed by atoms with E-state index in [4.69, 9.17) is 4.74 Å². The van der Waals surface area contributed by atoms with Gasteiger partial charge in [0.15, 0.2) is 0 Å². The monoisotopic (exact) mass is 466 g/mol. The zero-order valence-electron chi connectivity index (χ0n) is 17.8. The van der Waals surface area contributed by atoms with Crippen molar-refractivity contribution in [1.82, 2.24) is 10.3 Å². The van der Waals surface area contributed by atoms with Crippen LogP contribution in [0.1, 0.15) is 18.4 Å². The third kappa shape index (κ3) is 4.79. The molecule has 0 aliphatic carbocycles. The number of carbonyl (C=O) groups is 2. The first-order valence-corrected chi connectivity index (χ1v) is 11.8. The maximum absolute atomic E-state index is 14.3. The zero-order valence-corrected chi connectivity index (χ0v) is 18.7. The molecule has 0 radical (unpaired) electrons. The van der Waals surface area contributed by atoms with Crippen molar-refractivity contribution in [1.29, 1.82) is 0 Å². The molecule has 33 heavy (non-hydrogen) atoms. The molecule has 0 bridgehead atoms. The lowest BCUT2D eigenvalue weighted by atomic mass is 10.1. The molecule has 2 N–H and O–H groups in total. The highest BCUT2D eigenvalue weighted by Crippen LogP contribution is 2.35. The first-order valence-electron chi connectivity index (χ1n) is 10.9. The van der Waals surface area contributed by atoms with Gasteiger partial charge in [0.2, 0.25) is 5.91 Å². The number of rotatable bonds is 7. The van der Waals surface area contributed by atoms with Gasteiger partial charge in [0.25, 0.3) is 0 Å². The van der Waals surface area contributed by atoms with E-state index in [1.165, 1.54) is 17.8 Å². The number of amides is 2. The second-order valence-electron chi connectivity index (χ2n) is 8.09. The number of fused-ring (bicyclic) bond motifs is 2. The van der Waals surface area contributed by atoms with Crippen LogP contribution in [0.25, 0.3) is 10.9 Å². The highest BCUT2D eigenvalue weighted by molar-refractivity contribution is 8.00. The Balaban J connectivity index is 1.11. The molecule has 9 heteroatoms. The van der Waals surface area contributed by atoms with Crippen molar-refractivity contribution in [2.45, 2.75) is 30.4 Å². The van der Waals surface area contributed by atoms with Crippen LogP contribution < -0.4 is 15.5 Å². The molecule has 3 aromatic rings. The molecule has 0 saturated carbocycles. The fourth-order valence-electron chi connectivity index (χ4n) is 4.07. The van der Waals surface area contributed by atoms with E-state index in [-0.39, 0.29) is 23.9 Å². The van der Waals surface area contributed by atoms with Gasteiger partial charge in [-0.2, -0.15) is 0 Å². The molecule has 2 aliphatic heterocycles. The molecule has 170 valence electrons. The van der Waals surface area contributed by atoms with E-state index in [1.54, 1.807) is 23.2 Å². The number of benzene rings is 2. The third-order valence-electron chi connectivity index (χ3n) is 5.75. The molecule has 3 heterocycles. The van der Waals surface area contributed by atoms with Crippen molar-refractivity contribution >= 4 is 46.0 Å². The Morgan fingerprint density at radius 2 is 2.15 bits per heavy atom. The fourth-order valence-corrected chi connectivity index (χ4v) is 4.86. The quantitative estimate of drug-likeness (QED) is 0.505. The number of aromatic nitrogens is 1. The van der Waals surface area contributed by atoms with E-state index in [1.807, 2.05) is 24.3 Å². The van der Waals surface area contributed by atoms with Crippen LogP contribution >= 0.6 is 11.8 Å². The Morgan fingerprint density at radius 3 is 3.06 bits per heavy atom. The summed E-state index contributed by atoms with van der Waals surface area (Å²) in [6.07, 6.45) is 2.60. The fraction of sp³-hybridized carbons (Fsp3) is 0.292. The number of anilines is 2. The van der Waals surface area contributed by atoms with E-state index < -0.39 is 0 Å². The molecule has 1 aromatic heterocycles. The minimum atomic E-state index is -0.381. The second kappa shape index (κ2) is 9.36. The molecule has 2 aromatic carbocycles. The van der Waals surface area contributed by atoms with E-state index in [0.717, 1.165) is 27.9 Å². The van der Waals surface area contributed by atoms with E-state index in [0.29, 0.717) is 43.1 Å². The second-order valence-corrected chi connectivity index (χ2v) is 9.11. The Kier molecular flexibility index (Phi) is 6.15. The van der Waals surface area contributed by atoms with E-state index >= 15 is 0 Å². The van der Waals surface area contributed by atoms with Crippen LogP contribution in [-0.4, -0.2) is 41.9 Å². The normalized spacial score (nSPS) is 17.7. The number of pyridine rings is 1. The molecule has 5 rings (SSSR count). The first kappa shape index (κ1) is 21.7. The van der Waals surface area contributed by atoms with Crippen molar-refractivity contribution in [2.24, 2.45) is 0 Å². The Hall–Kier alpha value is -3.17. The van der Waals surface area contributed by atoms with Crippen LogP contribution in [0, 0.1) is 5.82 Å². The van der Waals surface area contributed by atoms with Crippen molar-refractivity contribution in [3.63, 3.8) is 0 Å². The summed E-state index contributed by atoms with van der Waals surface area (Å²) in [6, 6.07) is 12.5. The van der Waals surface area contributed by atoms with Crippen molar-refractivity contribution < 1.29 is 18.7 Å². The molecule has 7 nitrogen and oxygen atoms in total. The average Bonchev–Trinajstić information content (AvgIpc) is 3.18. The van der Waals surface area contributed by atoms with Gasteiger partial charge in [-0.1, -0.05) is 6.07 Å². The summed E-state index contributed by atoms with van der Waals surface area (Å²) >= 11 is 1.48. The number of ether oxygens (including phenoxy) is 1. The molecular formula is C24H23FN4O3S. The Labute approximate surface area is 194 Å². The SMILES string of the molecule is O=C1CSc2ccc(N3CC(CCCNCc4cc5ncccc5cc4F)OC3=O)cc2N1. The van der Waals surface area contributed by atoms with Gasteiger partial charge in [-0.05, 0) is 55.8 Å². The lowest BCUT2D eigenvalue weighted by Crippen LogP contribution is -2.25. The van der Waals surface area contributed by atoms with Crippen LogP contribution in [0.4, 0.5) is 20.6 Å². The van der Waals surface area contributed by atoms with Gasteiger partial charge < -0.3 is 15.4 Å². The third-order valence-corrected chi connectivity index (χ3v) is 6.82. The van der Waals surface area contributed by atoms with E-state index in [9.17, 15) is 14.0 Å². The standard InChI is InChI=1S/C24H23FN4O3S/c25-19-9-15-3-1-8-27-20(15)10-16(19)12-26-7-2-4-18-13-29(24(31)32-18)17-5-6-22-21(11-17)28-23(30)14-33-22/h1,3,5-6,8-11,18,26H,2,4,7,12-14H2,(H,28,30). The summed E-state index contributed by atoms with van der Waals surface area (Å²) in [4.78, 5) is 30.9. The predicted molar refractivity (Wildman–Crippen MR) is 126 cm³/mol. The Morgan fingerprint density at radius 1 is 1.24 bits per heavy atom. The average molecular weight is 467 g/mol. The van der Waals surface area contributed by atoms with Crippen LogP contribution in [0.2, 0.25) is 0 Å². The molecule has 2 aliphatic rings. The van der Waals surface area contributed by atoms with Crippen LogP contribution in [0.15, 0.2) is 53.6 Å². The summed E-state index contributed by atoms with van der Waals surface area (Å²) in [5.74, 6) is 0.111. The van der Waals surface area contributed by atoms with Gasteiger partial charge in [-0.3, -0.25) is 14.7 Å². The number of hydrogen-bond acceptors (Lipinski definition) is 6. The number of carbonyl (C=O) groups excluding carboxylic acids is 2. The van der Waals surface area contributed by atoms with Gasteiger partial charge in [0.05, 0.1) is 23.5 Å².